The van der Waals surface area contributed by atoms with Crippen molar-refractivity contribution >= 4 is 5.91 Å². The first kappa shape index (κ1) is 13.8. The highest BCUT2D eigenvalue weighted by atomic mass is 16.5. The number of amides is 1. The van der Waals surface area contributed by atoms with Crippen molar-refractivity contribution in [2.75, 3.05) is 0 Å². The van der Waals surface area contributed by atoms with E-state index in [9.17, 15) is 9.59 Å². The topological polar surface area (TPSA) is 106 Å². The van der Waals surface area contributed by atoms with Crippen LogP contribution in [0, 0.1) is 6.92 Å². The number of hydrogen-bond acceptors (Lipinski definition) is 5. The molecule has 3 rings (SSSR count). The van der Waals surface area contributed by atoms with Crippen LogP contribution in [-0.4, -0.2) is 25.6 Å². The monoisotopic (exact) mass is 299 g/mol. The molecule has 112 valence electrons. The number of imidazole rings is 1. The van der Waals surface area contributed by atoms with E-state index in [2.05, 4.69) is 20.4 Å². The van der Waals surface area contributed by atoms with E-state index in [1.807, 2.05) is 6.07 Å². The number of hydrogen-bond donors (Lipinski definition) is 2. The average Bonchev–Trinajstić information content (AvgIpc) is 3.16. The van der Waals surface area contributed by atoms with Gasteiger partial charge in [0.2, 0.25) is 0 Å². The van der Waals surface area contributed by atoms with Gasteiger partial charge in [0.25, 0.3) is 11.5 Å². The maximum atomic E-state index is 12.0. The largest absolute Gasteiger partial charge is 0.383 e. The fourth-order valence-electron chi connectivity index (χ4n) is 2.02. The molecule has 8 heteroatoms. The van der Waals surface area contributed by atoms with Crippen LogP contribution in [0.5, 0.6) is 0 Å². The lowest BCUT2D eigenvalue weighted by atomic mass is 10.2. The second-order valence-electron chi connectivity index (χ2n) is 4.64. The lowest BCUT2D eigenvalue weighted by Gasteiger charge is -2.06. The molecule has 0 spiro atoms. The summed E-state index contributed by atoms with van der Waals surface area (Å²) in [5.41, 5.74) is 0.303. The normalized spacial score (nSPS) is 10.6. The number of aryl methyl sites for hydroxylation is 1. The third-order valence-corrected chi connectivity index (χ3v) is 3.13. The first-order valence-corrected chi connectivity index (χ1v) is 6.54. The van der Waals surface area contributed by atoms with Gasteiger partial charge in [-0.25, -0.2) is 9.97 Å². The van der Waals surface area contributed by atoms with Crippen molar-refractivity contribution in [3.63, 3.8) is 0 Å². The van der Waals surface area contributed by atoms with Gasteiger partial charge in [0.15, 0.2) is 0 Å². The van der Waals surface area contributed by atoms with Gasteiger partial charge in [0, 0.05) is 25.1 Å². The molecule has 0 atom stereocenters. The third-order valence-electron chi connectivity index (χ3n) is 3.13. The fourth-order valence-corrected chi connectivity index (χ4v) is 2.02. The average molecular weight is 299 g/mol. The Bertz CT molecular complexity index is 847. The predicted octanol–water partition coefficient (Wildman–Crippen LogP) is 0.787. The highest BCUT2D eigenvalue weighted by molar-refractivity contribution is 5.94. The first-order chi connectivity index (χ1) is 10.6. The molecule has 22 heavy (non-hydrogen) atoms. The molecular weight excluding hydrogens is 286 g/mol. The summed E-state index contributed by atoms with van der Waals surface area (Å²) in [6, 6.07) is 3.61. The van der Waals surface area contributed by atoms with Crippen LogP contribution < -0.4 is 10.9 Å². The van der Waals surface area contributed by atoms with Crippen molar-refractivity contribution in [1.82, 2.24) is 25.0 Å². The molecule has 0 aliphatic heterocycles. The molecular formula is C14H13N5O3. The van der Waals surface area contributed by atoms with Crippen molar-refractivity contribution in [2.45, 2.75) is 13.5 Å². The molecule has 0 aromatic carbocycles. The molecule has 0 radical (unpaired) electrons. The summed E-state index contributed by atoms with van der Waals surface area (Å²) < 4.78 is 6.58. The Morgan fingerprint density at radius 1 is 1.45 bits per heavy atom. The van der Waals surface area contributed by atoms with Crippen LogP contribution in [0.25, 0.3) is 5.82 Å². The minimum atomic E-state index is -0.538. The second-order valence-corrected chi connectivity index (χ2v) is 4.64. The maximum Gasteiger partial charge on any atom is 0.293 e. The van der Waals surface area contributed by atoms with Gasteiger partial charge in [-0.15, -0.1) is 0 Å². The molecule has 0 aliphatic rings. The third kappa shape index (κ3) is 2.66. The molecule has 0 unspecified atom stereocenters. The fraction of sp³-hybridized carbons (Fsp3) is 0.143. The standard InChI is InChI=1S/C14H13N5O3/c1-9-12(14(21)18-22-9)13(20)17-7-10-2-3-16-11(6-10)19-5-4-15-8-19/h2-6,8H,7H2,1H3,(H,17,20)(H,18,21). The van der Waals surface area contributed by atoms with E-state index in [0.29, 0.717) is 5.82 Å². The van der Waals surface area contributed by atoms with Gasteiger partial charge in [0.1, 0.15) is 23.5 Å². The zero-order chi connectivity index (χ0) is 15.5. The molecule has 2 N–H and O–H groups in total. The van der Waals surface area contributed by atoms with Crippen LogP contribution in [0.2, 0.25) is 0 Å². The van der Waals surface area contributed by atoms with Crippen LogP contribution >= 0.6 is 0 Å². The van der Waals surface area contributed by atoms with Crippen molar-refractivity contribution in [3.05, 3.63) is 64.3 Å². The van der Waals surface area contributed by atoms with Gasteiger partial charge in [-0.3, -0.25) is 14.2 Å². The highest BCUT2D eigenvalue weighted by Crippen LogP contribution is 2.07. The Morgan fingerprint density at radius 3 is 3.00 bits per heavy atom. The van der Waals surface area contributed by atoms with Crippen LogP contribution in [0.15, 0.2) is 46.4 Å². The number of aromatic amines is 1. The van der Waals surface area contributed by atoms with E-state index < -0.39 is 11.5 Å². The van der Waals surface area contributed by atoms with Crippen molar-refractivity contribution in [3.8, 4) is 5.82 Å². The second kappa shape index (κ2) is 5.68. The number of carbonyl (C=O) groups excluding carboxylic acids is 1. The van der Waals surface area contributed by atoms with E-state index in [4.69, 9.17) is 4.52 Å². The molecule has 3 aromatic rings. The summed E-state index contributed by atoms with van der Waals surface area (Å²) in [5, 5.41) is 4.82. The number of pyridine rings is 1. The Morgan fingerprint density at radius 2 is 2.32 bits per heavy atom. The van der Waals surface area contributed by atoms with Gasteiger partial charge in [-0.05, 0) is 24.6 Å². The van der Waals surface area contributed by atoms with Gasteiger partial charge in [-0.1, -0.05) is 0 Å². The lowest BCUT2D eigenvalue weighted by molar-refractivity contribution is 0.0948. The smallest absolute Gasteiger partial charge is 0.293 e. The van der Waals surface area contributed by atoms with E-state index in [0.717, 1.165) is 5.56 Å². The van der Waals surface area contributed by atoms with Crippen molar-refractivity contribution in [2.24, 2.45) is 0 Å². The van der Waals surface area contributed by atoms with Gasteiger partial charge in [0.05, 0.1) is 0 Å². The Balaban J connectivity index is 1.73. The highest BCUT2D eigenvalue weighted by Gasteiger charge is 2.17. The van der Waals surface area contributed by atoms with E-state index in [1.54, 1.807) is 42.5 Å². The number of H-pyrrole nitrogens is 1. The zero-order valence-electron chi connectivity index (χ0n) is 11.7. The molecule has 0 aliphatic carbocycles. The zero-order valence-corrected chi connectivity index (χ0v) is 11.7. The van der Waals surface area contributed by atoms with E-state index >= 15 is 0 Å². The van der Waals surface area contributed by atoms with Crippen molar-refractivity contribution in [1.29, 1.82) is 0 Å². The summed E-state index contributed by atoms with van der Waals surface area (Å²) in [6.07, 6.45) is 6.72. The molecule has 0 fully saturated rings. The van der Waals surface area contributed by atoms with Gasteiger partial charge < -0.3 is 9.84 Å². The number of carbonyl (C=O) groups is 1. The van der Waals surface area contributed by atoms with Gasteiger partial charge >= 0.3 is 0 Å². The van der Waals surface area contributed by atoms with Crippen LogP contribution in [0.3, 0.4) is 0 Å². The predicted molar refractivity (Wildman–Crippen MR) is 76.6 cm³/mol. The summed E-state index contributed by atoms with van der Waals surface area (Å²) in [4.78, 5) is 31.7. The van der Waals surface area contributed by atoms with E-state index in [-0.39, 0.29) is 17.9 Å². The Labute approximate surface area is 124 Å². The minimum absolute atomic E-state index is 0.0103. The lowest BCUT2D eigenvalue weighted by Crippen LogP contribution is -2.27. The Hall–Kier alpha value is -3.16. The number of nitrogens with one attached hydrogen (secondary N) is 2. The molecule has 0 saturated heterocycles. The molecule has 0 bridgehead atoms. The number of rotatable bonds is 4. The summed E-state index contributed by atoms with van der Waals surface area (Å²) in [5.74, 6) is 0.478. The first-order valence-electron chi connectivity index (χ1n) is 6.54. The molecule has 3 heterocycles. The van der Waals surface area contributed by atoms with Crippen LogP contribution in [-0.2, 0) is 6.54 Å². The van der Waals surface area contributed by atoms with E-state index in [1.165, 1.54) is 0 Å². The van der Waals surface area contributed by atoms with Gasteiger partial charge in [-0.2, -0.15) is 5.16 Å². The van der Waals surface area contributed by atoms with Crippen LogP contribution in [0.4, 0.5) is 0 Å². The van der Waals surface area contributed by atoms with Crippen molar-refractivity contribution < 1.29 is 9.32 Å². The molecule has 3 aromatic heterocycles. The summed E-state index contributed by atoms with van der Waals surface area (Å²) in [6.45, 7) is 1.82. The quantitative estimate of drug-likeness (QED) is 0.740. The molecule has 0 saturated carbocycles. The number of aromatic nitrogens is 4. The van der Waals surface area contributed by atoms with Crippen LogP contribution in [0.1, 0.15) is 21.7 Å². The minimum Gasteiger partial charge on any atom is -0.383 e. The molecule has 8 nitrogen and oxygen atoms in total. The SMILES string of the molecule is Cc1o[nH]c(=O)c1C(=O)NCc1ccnc(-n2ccnc2)c1. The maximum absolute atomic E-state index is 12.0. The Kier molecular flexibility index (Phi) is 3.57. The summed E-state index contributed by atoms with van der Waals surface area (Å²) in [7, 11) is 0. The summed E-state index contributed by atoms with van der Waals surface area (Å²) >= 11 is 0. The number of nitrogens with zero attached hydrogens (tertiary/aromatic N) is 3. The molecule has 1 amide bonds.